The molecule has 1 aliphatic rings. The standard InChI is InChI=1S/C15H15FN4O2/c1-2-18-10-14(21)20(15(18)22)13-7-8-17-19(13)9-11-3-5-12(16)6-4-11/h3-8H,2,9-10H2,1H3. The van der Waals surface area contributed by atoms with Gasteiger partial charge in [0.05, 0.1) is 12.7 Å². The van der Waals surface area contributed by atoms with Gasteiger partial charge in [0, 0.05) is 12.6 Å². The van der Waals surface area contributed by atoms with Crippen molar-refractivity contribution in [1.29, 1.82) is 0 Å². The normalized spacial score (nSPS) is 15.0. The lowest BCUT2D eigenvalue weighted by Gasteiger charge is -2.16. The van der Waals surface area contributed by atoms with Crippen LogP contribution in [0.1, 0.15) is 12.5 Å². The first-order valence-electron chi connectivity index (χ1n) is 6.98. The van der Waals surface area contributed by atoms with E-state index < -0.39 is 0 Å². The second-order valence-corrected chi connectivity index (χ2v) is 5.00. The first-order valence-corrected chi connectivity index (χ1v) is 6.98. The average molecular weight is 302 g/mol. The molecule has 1 aromatic heterocycles. The van der Waals surface area contributed by atoms with E-state index in [0.29, 0.717) is 18.9 Å². The highest BCUT2D eigenvalue weighted by Gasteiger charge is 2.37. The molecule has 2 aromatic rings. The van der Waals surface area contributed by atoms with E-state index in [1.807, 2.05) is 6.92 Å². The molecule has 1 aliphatic heterocycles. The topological polar surface area (TPSA) is 58.4 Å². The van der Waals surface area contributed by atoms with Gasteiger partial charge >= 0.3 is 6.03 Å². The number of imide groups is 1. The summed E-state index contributed by atoms with van der Waals surface area (Å²) in [5, 5.41) is 4.16. The number of hydrogen-bond acceptors (Lipinski definition) is 3. The molecule has 7 heteroatoms. The summed E-state index contributed by atoms with van der Waals surface area (Å²) in [5.41, 5.74) is 0.831. The van der Waals surface area contributed by atoms with Gasteiger partial charge in [-0.25, -0.2) is 18.8 Å². The summed E-state index contributed by atoms with van der Waals surface area (Å²) in [6, 6.07) is 7.30. The monoisotopic (exact) mass is 302 g/mol. The van der Waals surface area contributed by atoms with E-state index in [-0.39, 0.29) is 24.3 Å². The number of carbonyl (C=O) groups is 2. The summed E-state index contributed by atoms with van der Waals surface area (Å²) >= 11 is 0. The van der Waals surface area contributed by atoms with Crippen molar-refractivity contribution in [2.24, 2.45) is 0 Å². The maximum absolute atomic E-state index is 12.9. The number of benzene rings is 1. The Morgan fingerprint density at radius 2 is 1.91 bits per heavy atom. The van der Waals surface area contributed by atoms with Crippen LogP contribution in [0.3, 0.4) is 0 Å². The van der Waals surface area contributed by atoms with Gasteiger partial charge < -0.3 is 4.90 Å². The number of anilines is 1. The number of aromatic nitrogens is 2. The van der Waals surface area contributed by atoms with E-state index in [0.717, 1.165) is 10.5 Å². The van der Waals surface area contributed by atoms with Crippen LogP contribution < -0.4 is 4.90 Å². The molecule has 0 saturated carbocycles. The number of amides is 3. The fourth-order valence-corrected chi connectivity index (χ4v) is 2.42. The summed E-state index contributed by atoms with van der Waals surface area (Å²) in [5.74, 6) is -0.157. The predicted octanol–water partition coefficient (Wildman–Crippen LogP) is 1.86. The van der Waals surface area contributed by atoms with Gasteiger partial charge in [-0.05, 0) is 24.6 Å². The SMILES string of the molecule is CCN1CC(=O)N(c2ccnn2Cc2ccc(F)cc2)C1=O. The number of hydrogen-bond donors (Lipinski definition) is 0. The van der Waals surface area contributed by atoms with E-state index in [2.05, 4.69) is 5.10 Å². The molecule has 22 heavy (non-hydrogen) atoms. The smallest absolute Gasteiger partial charge is 0.315 e. The summed E-state index contributed by atoms with van der Waals surface area (Å²) in [6.07, 6.45) is 1.54. The molecule has 0 spiro atoms. The van der Waals surface area contributed by atoms with Gasteiger partial charge in [-0.2, -0.15) is 5.10 Å². The van der Waals surface area contributed by atoms with Crippen molar-refractivity contribution in [3.8, 4) is 0 Å². The molecular formula is C15H15FN4O2. The molecule has 0 radical (unpaired) electrons. The van der Waals surface area contributed by atoms with Crippen molar-refractivity contribution in [2.45, 2.75) is 13.5 Å². The number of carbonyl (C=O) groups excluding carboxylic acids is 2. The molecular weight excluding hydrogens is 287 g/mol. The predicted molar refractivity (Wildman–Crippen MR) is 77.9 cm³/mol. The first-order chi connectivity index (χ1) is 10.6. The highest BCUT2D eigenvalue weighted by Crippen LogP contribution is 2.21. The van der Waals surface area contributed by atoms with E-state index >= 15 is 0 Å². The highest BCUT2D eigenvalue weighted by atomic mass is 19.1. The minimum atomic E-state index is -0.339. The number of urea groups is 1. The number of halogens is 1. The van der Waals surface area contributed by atoms with Crippen LogP contribution in [0.5, 0.6) is 0 Å². The van der Waals surface area contributed by atoms with E-state index in [1.165, 1.54) is 23.2 Å². The molecule has 3 amide bonds. The molecule has 0 N–H and O–H groups in total. The molecule has 114 valence electrons. The van der Waals surface area contributed by atoms with Gasteiger partial charge in [-0.3, -0.25) is 4.79 Å². The summed E-state index contributed by atoms with van der Waals surface area (Å²) in [7, 11) is 0. The number of nitrogens with zero attached hydrogens (tertiary/aromatic N) is 4. The minimum absolute atomic E-state index is 0.0804. The fourth-order valence-electron chi connectivity index (χ4n) is 2.42. The molecule has 6 nitrogen and oxygen atoms in total. The van der Waals surface area contributed by atoms with Crippen LogP contribution >= 0.6 is 0 Å². The first kappa shape index (κ1) is 14.2. The average Bonchev–Trinajstić information content (AvgIpc) is 3.05. The van der Waals surface area contributed by atoms with Gasteiger partial charge in [-0.1, -0.05) is 12.1 Å². The molecule has 1 aromatic carbocycles. The van der Waals surface area contributed by atoms with Crippen molar-refractivity contribution in [1.82, 2.24) is 14.7 Å². The van der Waals surface area contributed by atoms with Crippen LogP contribution in [0.25, 0.3) is 0 Å². The van der Waals surface area contributed by atoms with Gasteiger partial charge in [0.2, 0.25) is 0 Å². The summed E-state index contributed by atoms with van der Waals surface area (Å²) < 4.78 is 14.5. The van der Waals surface area contributed by atoms with Crippen molar-refractivity contribution in [3.05, 3.63) is 47.9 Å². The third-order valence-electron chi connectivity index (χ3n) is 3.59. The van der Waals surface area contributed by atoms with Crippen molar-refractivity contribution in [2.75, 3.05) is 18.0 Å². The lowest BCUT2D eigenvalue weighted by Crippen LogP contribution is -2.34. The van der Waals surface area contributed by atoms with Crippen LogP contribution in [-0.4, -0.2) is 39.7 Å². The van der Waals surface area contributed by atoms with E-state index in [4.69, 9.17) is 0 Å². The Labute approximate surface area is 126 Å². The molecule has 1 fully saturated rings. The van der Waals surface area contributed by atoms with Gasteiger partial charge in [0.25, 0.3) is 5.91 Å². The quantitative estimate of drug-likeness (QED) is 0.810. The van der Waals surface area contributed by atoms with Crippen LogP contribution in [0.2, 0.25) is 0 Å². The molecule has 0 bridgehead atoms. The maximum atomic E-state index is 12.9. The van der Waals surface area contributed by atoms with Gasteiger partial charge in [0.15, 0.2) is 0 Å². The molecule has 0 aliphatic carbocycles. The Bertz CT molecular complexity index is 711. The molecule has 2 heterocycles. The zero-order valence-electron chi connectivity index (χ0n) is 12.1. The van der Waals surface area contributed by atoms with Crippen molar-refractivity contribution >= 4 is 17.8 Å². The highest BCUT2D eigenvalue weighted by molar-refractivity contribution is 6.19. The number of likely N-dealkylation sites (N-methyl/N-ethyl adjacent to an activating group) is 1. The number of rotatable bonds is 4. The van der Waals surface area contributed by atoms with Crippen LogP contribution in [0.15, 0.2) is 36.5 Å². The minimum Gasteiger partial charge on any atom is -0.315 e. The lowest BCUT2D eigenvalue weighted by atomic mass is 10.2. The van der Waals surface area contributed by atoms with Crippen LogP contribution in [0.4, 0.5) is 15.0 Å². The Balaban J connectivity index is 1.87. The fraction of sp³-hybridized carbons (Fsp3) is 0.267. The largest absolute Gasteiger partial charge is 0.333 e. The van der Waals surface area contributed by atoms with E-state index in [1.54, 1.807) is 22.9 Å². The third kappa shape index (κ3) is 2.45. The molecule has 1 saturated heterocycles. The third-order valence-corrected chi connectivity index (χ3v) is 3.59. The maximum Gasteiger partial charge on any atom is 0.333 e. The lowest BCUT2D eigenvalue weighted by molar-refractivity contribution is -0.116. The zero-order chi connectivity index (χ0) is 15.7. The van der Waals surface area contributed by atoms with Gasteiger partial charge in [-0.15, -0.1) is 0 Å². The molecule has 0 atom stereocenters. The second-order valence-electron chi connectivity index (χ2n) is 5.00. The summed E-state index contributed by atoms with van der Waals surface area (Å²) in [6.45, 7) is 2.74. The Hall–Kier alpha value is -2.70. The van der Waals surface area contributed by atoms with Gasteiger partial charge in [0.1, 0.15) is 18.2 Å². The molecule has 0 unspecified atom stereocenters. The Morgan fingerprint density at radius 3 is 2.55 bits per heavy atom. The van der Waals surface area contributed by atoms with Crippen LogP contribution in [-0.2, 0) is 11.3 Å². The Kier molecular flexibility index (Phi) is 3.62. The van der Waals surface area contributed by atoms with Crippen LogP contribution in [0, 0.1) is 5.82 Å². The second kappa shape index (κ2) is 5.59. The van der Waals surface area contributed by atoms with E-state index in [9.17, 15) is 14.0 Å². The van der Waals surface area contributed by atoms with Crippen molar-refractivity contribution in [3.63, 3.8) is 0 Å². The summed E-state index contributed by atoms with van der Waals surface area (Å²) in [4.78, 5) is 26.9. The Morgan fingerprint density at radius 1 is 1.18 bits per heavy atom. The zero-order valence-corrected chi connectivity index (χ0v) is 12.1. The molecule has 3 rings (SSSR count). The van der Waals surface area contributed by atoms with Crippen molar-refractivity contribution < 1.29 is 14.0 Å².